The number of fused-ring (bicyclic) bond motifs is 1. The Balaban J connectivity index is 1.33. The fourth-order valence-electron chi connectivity index (χ4n) is 3.23. The van der Waals surface area contributed by atoms with Gasteiger partial charge in [-0.3, -0.25) is 5.11 Å². The molecular weight excluding hydrogens is 391 g/mol. The minimum Gasteiger partial charge on any atom is -0.406 e. The summed E-state index contributed by atoms with van der Waals surface area (Å²) in [5.41, 5.74) is 1.59. The highest BCUT2D eigenvalue weighted by Gasteiger charge is 2.31. The molecule has 9 heteroatoms. The molecule has 1 radical (unpaired) electrons. The Kier molecular flexibility index (Phi) is 4.92. The predicted octanol–water partition coefficient (Wildman–Crippen LogP) is 5.42. The van der Waals surface area contributed by atoms with Crippen LogP contribution in [0.15, 0.2) is 42.5 Å². The second-order valence-corrected chi connectivity index (χ2v) is 7.61. The number of halogens is 3. The number of nitrogens with zero attached hydrogens (tertiary/aromatic N) is 2. The van der Waals surface area contributed by atoms with E-state index in [0.29, 0.717) is 0 Å². The van der Waals surface area contributed by atoms with Gasteiger partial charge in [-0.1, -0.05) is 11.3 Å². The van der Waals surface area contributed by atoms with Crippen LogP contribution in [0.25, 0.3) is 10.2 Å². The average Bonchev–Trinajstić information content (AvgIpc) is 3.06. The number of alkyl halides is 3. The third-order valence-electron chi connectivity index (χ3n) is 4.57. The van der Waals surface area contributed by atoms with E-state index in [1.54, 1.807) is 24.3 Å². The van der Waals surface area contributed by atoms with E-state index in [-0.39, 0.29) is 17.5 Å². The Labute approximate surface area is 163 Å². The summed E-state index contributed by atoms with van der Waals surface area (Å²) in [6, 6.07) is 10.9. The molecule has 0 unspecified atom stereocenters. The van der Waals surface area contributed by atoms with Crippen LogP contribution < -0.4 is 15.0 Å². The lowest BCUT2D eigenvalue weighted by Crippen LogP contribution is -2.39. The maximum atomic E-state index is 12.2. The molecule has 2 aromatic carbocycles. The van der Waals surface area contributed by atoms with E-state index in [9.17, 15) is 18.3 Å². The highest BCUT2D eigenvalue weighted by atomic mass is 32.1. The monoisotopic (exact) mass is 408 g/mol. The fraction of sp³-hybridized carbons (Fsp3) is 0.316. The molecule has 0 amide bonds. The zero-order chi connectivity index (χ0) is 19.7. The number of hydrogen-bond acceptors (Lipinski definition) is 5. The van der Waals surface area contributed by atoms with Crippen molar-refractivity contribution in [2.75, 3.05) is 23.3 Å². The van der Waals surface area contributed by atoms with Crippen molar-refractivity contribution < 1.29 is 23.0 Å². The van der Waals surface area contributed by atoms with E-state index in [0.717, 1.165) is 47.0 Å². The van der Waals surface area contributed by atoms with E-state index >= 15 is 0 Å². The van der Waals surface area contributed by atoms with Crippen molar-refractivity contribution in [3.63, 3.8) is 0 Å². The Morgan fingerprint density at radius 1 is 1.11 bits per heavy atom. The molecule has 28 heavy (non-hydrogen) atoms. The van der Waals surface area contributed by atoms with E-state index < -0.39 is 6.36 Å². The van der Waals surface area contributed by atoms with Crippen LogP contribution >= 0.6 is 11.3 Å². The summed E-state index contributed by atoms with van der Waals surface area (Å²) in [5, 5.41) is 15.7. The van der Waals surface area contributed by atoms with Gasteiger partial charge in [-0.25, -0.2) is 4.98 Å². The molecule has 0 bridgehead atoms. The quantitative estimate of drug-likeness (QED) is 0.626. The van der Waals surface area contributed by atoms with Crippen molar-refractivity contribution in [3.8, 4) is 11.5 Å². The highest BCUT2D eigenvalue weighted by molar-refractivity contribution is 7.22. The molecule has 1 saturated heterocycles. The second kappa shape index (κ2) is 7.38. The third kappa shape index (κ3) is 4.41. The molecule has 0 aliphatic carbocycles. The van der Waals surface area contributed by atoms with Gasteiger partial charge >= 0.3 is 6.36 Å². The topological polar surface area (TPSA) is 57.3 Å². The molecule has 5 nitrogen and oxygen atoms in total. The van der Waals surface area contributed by atoms with Crippen LogP contribution in [-0.2, 0) is 5.11 Å². The SMILES string of the molecule is [O]c1ccc2nc(N3CCC(Nc4ccc(OC(F)(F)F)cc4)CC3)sc2c1. The van der Waals surface area contributed by atoms with Crippen molar-refractivity contribution in [2.45, 2.75) is 25.2 Å². The Morgan fingerprint density at radius 3 is 2.50 bits per heavy atom. The van der Waals surface area contributed by atoms with Gasteiger partial charge in [0, 0.05) is 30.9 Å². The van der Waals surface area contributed by atoms with Crippen LogP contribution in [0.4, 0.5) is 24.0 Å². The average molecular weight is 408 g/mol. The van der Waals surface area contributed by atoms with Gasteiger partial charge in [0.25, 0.3) is 0 Å². The molecule has 1 aromatic heterocycles. The van der Waals surface area contributed by atoms with Gasteiger partial charge in [-0.05, 0) is 49.2 Å². The first kappa shape index (κ1) is 18.7. The van der Waals surface area contributed by atoms with Gasteiger partial charge in [0.1, 0.15) is 5.75 Å². The Bertz CT molecular complexity index is 951. The first-order valence-electron chi connectivity index (χ1n) is 8.81. The lowest BCUT2D eigenvalue weighted by Gasteiger charge is -2.32. The number of anilines is 2. The number of hydrogen-bond donors (Lipinski definition) is 1. The van der Waals surface area contributed by atoms with Crippen molar-refractivity contribution in [3.05, 3.63) is 42.5 Å². The number of thiazole rings is 1. The summed E-state index contributed by atoms with van der Waals surface area (Å²) in [5.74, 6) is -0.248. The number of nitrogens with one attached hydrogen (secondary N) is 1. The highest BCUT2D eigenvalue weighted by Crippen LogP contribution is 2.33. The molecule has 4 rings (SSSR count). The normalized spacial score (nSPS) is 15.8. The zero-order valence-corrected chi connectivity index (χ0v) is 15.5. The summed E-state index contributed by atoms with van der Waals surface area (Å²) in [4.78, 5) is 6.81. The minimum absolute atomic E-state index is 0.0164. The molecule has 147 valence electrons. The number of ether oxygens (including phenoxy) is 1. The fourth-order valence-corrected chi connectivity index (χ4v) is 4.28. The minimum atomic E-state index is -4.68. The second-order valence-electron chi connectivity index (χ2n) is 6.60. The van der Waals surface area contributed by atoms with Crippen molar-refractivity contribution in [1.29, 1.82) is 0 Å². The number of piperidine rings is 1. The molecule has 1 aliphatic rings. The van der Waals surface area contributed by atoms with Crippen LogP contribution in [0.5, 0.6) is 11.5 Å². The van der Waals surface area contributed by atoms with Crippen LogP contribution in [0.3, 0.4) is 0 Å². The Morgan fingerprint density at radius 2 is 1.82 bits per heavy atom. The predicted molar refractivity (Wildman–Crippen MR) is 102 cm³/mol. The van der Waals surface area contributed by atoms with E-state index in [2.05, 4.69) is 19.9 Å². The molecule has 1 fully saturated rings. The summed E-state index contributed by atoms with van der Waals surface area (Å²) >= 11 is 1.52. The first-order chi connectivity index (χ1) is 13.4. The molecule has 1 aliphatic heterocycles. The van der Waals surface area contributed by atoms with Gasteiger partial charge < -0.3 is 15.0 Å². The Hall–Kier alpha value is -2.68. The summed E-state index contributed by atoms with van der Waals surface area (Å²) in [7, 11) is 0. The standard InChI is InChI=1S/C19H17F3N3O2S/c20-19(21,22)27-15-4-1-12(2-5-15)23-13-7-9-25(10-8-13)18-24-16-6-3-14(26)11-17(16)28-18/h1-6,11,13,23H,7-10H2. The smallest absolute Gasteiger partial charge is 0.406 e. The lowest BCUT2D eigenvalue weighted by atomic mass is 10.1. The van der Waals surface area contributed by atoms with Gasteiger partial charge in [0.05, 0.1) is 10.2 Å². The summed E-state index contributed by atoms with van der Waals surface area (Å²) in [6.07, 6.45) is -2.93. The molecule has 1 N–H and O–H groups in total. The van der Waals surface area contributed by atoms with Crippen LogP contribution in [0.2, 0.25) is 0 Å². The zero-order valence-electron chi connectivity index (χ0n) is 14.7. The van der Waals surface area contributed by atoms with Crippen molar-refractivity contribution in [1.82, 2.24) is 4.98 Å². The summed E-state index contributed by atoms with van der Waals surface area (Å²) < 4.78 is 41.4. The third-order valence-corrected chi connectivity index (χ3v) is 5.65. The van der Waals surface area contributed by atoms with Gasteiger partial charge in [0.2, 0.25) is 0 Å². The van der Waals surface area contributed by atoms with Crippen molar-refractivity contribution in [2.24, 2.45) is 0 Å². The number of aromatic nitrogens is 1. The maximum absolute atomic E-state index is 12.2. The lowest BCUT2D eigenvalue weighted by molar-refractivity contribution is -0.274. The van der Waals surface area contributed by atoms with Crippen LogP contribution in [0, 0.1) is 0 Å². The van der Waals surface area contributed by atoms with Crippen LogP contribution in [0.1, 0.15) is 12.8 Å². The van der Waals surface area contributed by atoms with Crippen LogP contribution in [-0.4, -0.2) is 30.5 Å². The van der Waals surface area contributed by atoms with Gasteiger partial charge in [-0.2, -0.15) is 0 Å². The molecule has 0 saturated carbocycles. The largest absolute Gasteiger partial charge is 0.573 e. The number of rotatable bonds is 4. The number of benzene rings is 2. The summed E-state index contributed by atoms with van der Waals surface area (Å²) in [6.45, 7) is 1.63. The van der Waals surface area contributed by atoms with E-state index in [4.69, 9.17) is 0 Å². The van der Waals surface area contributed by atoms with E-state index in [1.807, 2.05) is 0 Å². The van der Waals surface area contributed by atoms with Crippen molar-refractivity contribution >= 4 is 32.4 Å². The molecular formula is C19H17F3N3O2S. The molecule has 3 aromatic rings. The van der Waals surface area contributed by atoms with E-state index in [1.165, 1.54) is 29.5 Å². The van der Waals surface area contributed by atoms with Gasteiger partial charge in [-0.15, -0.1) is 13.2 Å². The molecule has 2 heterocycles. The molecule has 0 atom stereocenters. The van der Waals surface area contributed by atoms with Gasteiger partial charge in [0.15, 0.2) is 10.9 Å². The maximum Gasteiger partial charge on any atom is 0.573 e. The molecule has 0 spiro atoms. The first-order valence-corrected chi connectivity index (χ1v) is 9.62.